The molecule has 3 nitrogen and oxygen atoms in total. The lowest BCUT2D eigenvalue weighted by molar-refractivity contribution is 0.337. The highest BCUT2D eigenvalue weighted by Gasteiger charge is 2.17. The second-order valence-corrected chi connectivity index (χ2v) is 5.47. The number of hydrogen-bond donors (Lipinski definition) is 1. The number of nitrogens with one attached hydrogen (secondary N) is 1. The largest absolute Gasteiger partial charge is 0.310 e. The first-order valence-corrected chi connectivity index (χ1v) is 5.83. The summed E-state index contributed by atoms with van der Waals surface area (Å²) in [4.78, 5) is 0. The first kappa shape index (κ1) is 10.7. The number of aromatic nitrogens is 2. The molecule has 0 aliphatic heterocycles. The van der Waals surface area contributed by atoms with E-state index >= 15 is 0 Å². The summed E-state index contributed by atoms with van der Waals surface area (Å²) in [5.74, 6) is 0. The predicted molar refractivity (Wildman–Crippen MR) is 61.7 cm³/mol. The monoisotopic (exact) mass is 207 g/mol. The molecular formula is C12H21N3. The van der Waals surface area contributed by atoms with Gasteiger partial charge in [-0.2, -0.15) is 5.10 Å². The Morgan fingerprint density at radius 2 is 2.20 bits per heavy atom. The Hall–Kier alpha value is -0.830. The van der Waals surface area contributed by atoms with Crippen LogP contribution in [0.2, 0.25) is 0 Å². The lowest BCUT2D eigenvalue weighted by atomic mass is 9.93. The molecule has 15 heavy (non-hydrogen) atoms. The zero-order valence-corrected chi connectivity index (χ0v) is 9.95. The van der Waals surface area contributed by atoms with Crippen molar-refractivity contribution in [2.75, 3.05) is 0 Å². The maximum absolute atomic E-state index is 4.39. The van der Waals surface area contributed by atoms with Gasteiger partial charge in [-0.25, -0.2) is 0 Å². The molecule has 0 radical (unpaired) electrons. The van der Waals surface area contributed by atoms with E-state index in [1.54, 1.807) is 0 Å². The summed E-state index contributed by atoms with van der Waals surface area (Å²) in [5.41, 5.74) is 1.38. The Morgan fingerprint density at radius 1 is 1.47 bits per heavy atom. The lowest BCUT2D eigenvalue weighted by Gasteiger charge is -2.26. The van der Waals surface area contributed by atoms with Crippen LogP contribution in [0.3, 0.4) is 0 Å². The van der Waals surface area contributed by atoms with Gasteiger partial charge in [-0.15, -0.1) is 0 Å². The summed E-state index contributed by atoms with van der Waals surface area (Å²) in [5, 5.41) is 7.93. The van der Waals surface area contributed by atoms with Gasteiger partial charge in [0.2, 0.25) is 0 Å². The molecule has 1 fully saturated rings. The highest BCUT2D eigenvalue weighted by molar-refractivity contribution is 5.05. The van der Waals surface area contributed by atoms with Crippen molar-refractivity contribution in [3.05, 3.63) is 18.0 Å². The van der Waals surface area contributed by atoms with E-state index in [4.69, 9.17) is 0 Å². The van der Waals surface area contributed by atoms with E-state index in [-0.39, 0.29) is 5.54 Å². The van der Waals surface area contributed by atoms with Gasteiger partial charge < -0.3 is 5.32 Å². The first-order chi connectivity index (χ1) is 7.05. The van der Waals surface area contributed by atoms with Crippen LogP contribution in [0.1, 0.15) is 45.6 Å². The first-order valence-electron chi connectivity index (χ1n) is 5.83. The smallest absolute Gasteiger partial charge is 0.0543 e. The molecule has 1 aromatic heterocycles. The summed E-state index contributed by atoms with van der Waals surface area (Å²) >= 11 is 0. The summed E-state index contributed by atoms with van der Waals surface area (Å²) in [6.07, 6.45) is 8.18. The van der Waals surface area contributed by atoms with E-state index in [1.807, 2.05) is 10.9 Å². The molecule has 0 bridgehead atoms. The molecule has 1 aliphatic carbocycles. The minimum atomic E-state index is 0.0920. The molecule has 1 aliphatic rings. The van der Waals surface area contributed by atoms with Crippen molar-refractivity contribution in [2.24, 2.45) is 0 Å². The van der Waals surface area contributed by atoms with Gasteiger partial charge in [-0.05, 0) is 33.6 Å². The molecule has 2 rings (SSSR count). The van der Waals surface area contributed by atoms with Crippen LogP contribution >= 0.6 is 0 Å². The van der Waals surface area contributed by atoms with Crippen LogP contribution in [0.5, 0.6) is 0 Å². The van der Waals surface area contributed by atoms with Gasteiger partial charge in [0, 0.05) is 24.3 Å². The quantitative estimate of drug-likeness (QED) is 0.824. The Balaban J connectivity index is 1.89. The molecule has 1 aromatic rings. The molecule has 3 heteroatoms. The lowest BCUT2D eigenvalue weighted by Crippen LogP contribution is -2.34. The number of rotatable bonds is 3. The maximum atomic E-state index is 4.39. The second kappa shape index (κ2) is 3.97. The zero-order chi connectivity index (χ0) is 10.9. The average molecular weight is 207 g/mol. The summed E-state index contributed by atoms with van der Waals surface area (Å²) < 4.78 is 2.03. The van der Waals surface area contributed by atoms with Gasteiger partial charge in [0.05, 0.1) is 11.7 Å². The van der Waals surface area contributed by atoms with Crippen LogP contribution in [-0.2, 0) is 12.1 Å². The van der Waals surface area contributed by atoms with E-state index in [9.17, 15) is 0 Å². The van der Waals surface area contributed by atoms with E-state index in [1.165, 1.54) is 24.8 Å². The van der Waals surface area contributed by atoms with Crippen LogP contribution in [0, 0.1) is 0 Å². The third-order valence-corrected chi connectivity index (χ3v) is 3.02. The van der Waals surface area contributed by atoms with Crippen molar-refractivity contribution < 1.29 is 0 Å². The topological polar surface area (TPSA) is 29.9 Å². The summed E-state index contributed by atoms with van der Waals surface area (Å²) in [6.45, 7) is 7.47. The summed E-state index contributed by atoms with van der Waals surface area (Å²) in [7, 11) is 0. The van der Waals surface area contributed by atoms with Gasteiger partial charge in [-0.3, -0.25) is 4.68 Å². The van der Waals surface area contributed by atoms with E-state index < -0.39 is 0 Å². The molecule has 0 spiro atoms. The average Bonchev–Trinajstić information content (AvgIpc) is 2.48. The van der Waals surface area contributed by atoms with Gasteiger partial charge in [-0.1, -0.05) is 6.42 Å². The van der Waals surface area contributed by atoms with Gasteiger partial charge in [0.1, 0.15) is 0 Å². The fraction of sp³-hybridized carbons (Fsp3) is 0.750. The fourth-order valence-electron chi connectivity index (χ4n) is 1.69. The molecule has 84 valence electrons. The molecule has 0 saturated heterocycles. The van der Waals surface area contributed by atoms with Crippen LogP contribution in [0.25, 0.3) is 0 Å². The Bertz CT molecular complexity index is 318. The third-order valence-electron chi connectivity index (χ3n) is 3.02. The normalized spacial score (nSPS) is 17.8. The van der Waals surface area contributed by atoms with Crippen LogP contribution < -0.4 is 5.32 Å². The van der Waals surface area contributed by atoms with Crippen molar-refractivity contribution in [2.45, 2.75) is 58.2 Å². The molecule has 1 N–H and O–H groups in total. The highest BCUT2D eigenvalue weighted by atomic mass is 15.3. The van der Waals surface area contributed by atoms with Gasteiger partial charge >= 0.3 is 0 Å². The van der Waals surface area contributed by atoms with Crippen LogP contribution in [0.15, 0.2) is 12.4 Å². The Labute approximate surface area is 91.9 Å². The zero-order valence-electron chi connectivity index (χ0n) is 9.95. The van der Waals surface area contributed by atoms with Crippen molar-refractivity contribution in [3.63, 3.8) is 0 Å². The fourth-order valence-corrected chi connectivity index (χ4v) is 1.69. The molecule has 0 atom stereocenters. The number of nitrogens with zero attached hydrogens (tertiary/aromatic N) is 2. The predicted octanol–water partition coefficient (Wildman–Crippen LogP) is 2.28. The molecular weight excluding hydrogens is 186 g/mol. The Morgan fingerprint density at radius 3 is 2.67 bits per heavy atom. The Kier molecular flexibility index (Phi) is 2.83. The van der Waals surface area contributed by atoms with Crippen LogP contribution in [-0.4, -0.2) is 15.8 Å². The maximum Gasteiger partial charge on any atom is 0.0543 e. The summed E-state index contributed by atoms with van der Waals surface area (Å²) in [6, 6.07) is 0.753. The second-order valence-electron chi connectivity index (χ2n) is 5.47. The number of hydrogen-bond acceptors (Lipinski definition) is 2. The molecule has 0 aromatic carbocycles. The standard InChI is InChI=1S/C12H21N3/c1-12(2,3)15-9-10(8-14-15)7-13-11-5-4-6-11/h8-9,11,13H,4-7H2,1-3H3. The molecule has 1 heterocycles. The minimum Gasteiger partial charge on any atom is -0.310 e. The van der Waals surface area contributed by atoms with Crippen molar-refractivity contribution in [1.82, 2.24) is 15.1 Å². The van der Waals surface area contributed by atoms with Crippen molar-refractivity contribution in [3.8, 4) is 0 Å². The van der Waals surface area contributed by atoms with E-state index in [2.05, 4.69) is 37.4 Å². The third kappa shape index (κ3) is 2.59. The van der Waals surface area contributed by atoms with Crippen molar-refractivity contribution >= 4 is 0 Å². The molecule has 0 unspecified atom stereocenters. The molecule has 0 amide bonds. The van der Waals surface area contributed by atoms with Gasteiger partial charge in [0.15, 0.2) is 0 Å². The van der Waals surface area contributed by atoms with Crippen molar-refractivity contribution in [1.29, 1.82) is 0 Å². The minimum absolute atomic E-state index is 0.0920. The SMILES string of the molecule is CC(C)(C)n1cc(CNC2CCC2)cn1. The van der Waals surface area contributed by atoms with Crippen LogP contribution in [0.4, 0.5) is 0 Å². The van der Waals surface area contributed by atoms with E-state index in [0.29, 0.717) is 0 Å². The molecule has 1 saturated carbocycles. The van der Waals surface area contributed by atoms with Gasteiger partial charge in [0.25, 0.3) is 0 Å². The highest BCUT2D eigenvalue weighted by Crippen LogP contribution is 2.19. The van der Waals surface area contributed by atoms with E-state index in [0.717, 1.165) is 12.6 Å².